The fourth-order valence-electron chi connectivity index (χ4n) is 3.35. The molecular weight excluding hydrogens is 472 g/mol. The molecule has 4 aromatic rings. The minimum absolute atomic E-state index is 0.0990. The second-order valence-corrected chi connectivity index (χ2v) is 9.75. The third kappa shape index (κ3) is 5.05. The van der Waals surface area contributed by atoms with Crippen LogP contribution < -0.4 is 19.5 Å². The van der Waals surface area contributed by atoms with Crippen LogP contribution in [0.2, 0.25) is 0 Å². The van der Waals surface area contributed by atoms with Crippen LogP contribution in [-0.4, -0.2) is 28.5 Å². The van der Waals surface area contributed by atoms with E-state index in [2.05, 4.69) is 10.0 Å². The molecule has 0 saturated heterocycles. The number of carbonyl (C=O) groups excluding carboxylic acids is 1. The lowest BCUT2D eigenvalue weighted by Crippen LogP contribution is -2.16. The SMILES string of the molecule is COc1ccc(NS(=O)(=O)c2cc(NC(=O)c3sccc3-c3ccccc3)ccc2OC)cc1. The van der Waals surface area contributed by atoms with Crippen molar-refractivity contribution in [2.75, 3.05) is 24.3 Å². The lowest BCUT2D eigenvalue weighted by atomic mass is 10.1. The van der Waals surface area contributed by atoms with Crippen LogP contribution in [0.3, 0.4) is 0 Å². The second-order valence-electron chi connectivity index (χ2n) is 7.18. The Morgan fingerprint density at radius 1 is 0.853 bits per heavy atom. The van der Waals surface area contributed by atoms with Gasteiger partial charge in [-0.05, 0) is 59.5 Å². The Bertz CT molecular complexity index is 1400. The van der Waals surface area contributed by atoms with Gasteiger partial charge in [-0.1, -0.05) is 30.3 Å². The molecule has 0 atom stereocenters. The number of anilines is 2. The maximum atomic E-state index is 13.1. The molecule has 1 heterocycles. The first kappa shape index (κ1) is 23.3. The number of amides is 1. The Morgan fingerprint density at radius 2 is 1.56 bits per heavy atom. The predicted molar refractivity (Wildman–Crippen MR) is 135 cm³/mol. The van der Waals surface area contributed by atoms with Gasteiger partial charge in [0.05, 0.1) is 19.1 Å². The van der Waals surface area contributed by atoms with Crippen LogP contribution in [0.25, 0.3) is 11.1 Å². The van der Waals surface area contributed by atoms with Crippen molar-refractivity contribution in [2.24, 2.45) is 0 Å². The van der Waals surface area contributed by atoms with Gasteiger partial charge in [-0.15, -0.1) is 11.3 Å². The topological polar surface area (TPSA) is 93.7 Å². The van der Waals surface area contributed by atoms with Crippen molar-refractivity contribution in [3.05, 3.63) is 89.1 Å². The number of carbonyl (C=O) groups is 1. The molecule has 0 unspecified atom stereocenters. The number of methoxy groups -OCH3 is 2. The van der Waals surface area contributed by atoms with Crippen molar-refractivity contribution < 1.29 is 22.7 Å². The lowest BCUT2D eigenvalue weighted by molar-refractivity contribution is 0.103. The summed E-state index contributed by atoms with van der Waals surface area (Å²) in [5.41, 5.74) is 2.43. The molecule has 0 aliphatic rings. The van der Waals surface area contributed by atoms with E-state index in [1.165, 1.54) is 37.7 Å². The minimum atomic E-state index is -4.00. The number of hydrogen-bond acceptors (Lipinski definition) is 6. The first-order valence-corrected chi connectivity index (χ1v) is 12.6. The number of benzene rings is 3. The van der Waals surface area contributed by atoms with Gasteiger partial charge in [-0.25, -0.2) is 8.42 Å². The van der Waals surface area contributed by atoms with Crippen LogP contribution in [0.1, 0.15) is 9.67 Å². The standard InChI is InChI=1S/C25H22N2O5S2/c1-31-20-11-8-18(9-12-20)27-34(29,30)23-16-19(10-13-22(23)32-2)26-25(28)24-21(14-15-33-24)17-6-4-3-5-7-17/h3-16,27H,1-2H3,(H,26,28). The molecule has 0 radical (unpaired) electrons. The highest BCUT2D eigenvalue weighted by Gasteiger charge is 2.22. The van der Waals surface area contributed by atoms with Crippen molar-refractivity contribution in [2.45, 2.75) is 4.90 Å². The first-order chi connectivity index (χ1) is 16.4. The molecule has 0 aliphatic carbocycles. The summed E-state index contributed by atoms with van der Waals surface area (Å²) in [6, 6.07) is 22.4. The molecule has 0 aliphatic heterocycles. The normalized spacial score (nSPS) is 11.0. The van der Waals surface area contributed by atoms with Crippen molar-refractivity contribution >= 4 is 38.6 Å². The van der Waals surface area contributed by atoms with Crippen LogP contribution in [-0.2, 0) is 10.0 Å². The van der Waals surface area contributed by atoms with Crippen molar-refractivity contribution in [3.63, 3.8) is 0 Å². The average Bonchev–Trinajstić information content (AvgIpc) is 3.35. The van der Waals surface area contributed by atoms with E-state index >= 15 is 0 Å². The predicted octanol–water partition coefficient (Wildman–Crippen LogP) is 5.49. The average molecular weight is 495 g/mol. The van der Waals surface area contributed by atoms with Gasteiger partial charge in [0, 0.05) is 16.9 Å². The first-order valence-electron chi connectivity index (χ1n) is 10.2. The maximum Gasteiger partial charge on any atom is 0.266 e. The molecule has 0 saturated carbocycles. The van der Waals surface area contributed by atoms with Crippen LogP contribution in [0.5, 0.6) is 11.5 Å². The fourth-order valence-corrected chi connectivity index (χ4v) is 5.42. The zero-order chi connectivity index (χ0) is 24.1. The van der Waals surface area contributed by atoms with E-state index in [9.17, 15) is 13.2 Å². The summed E-state index contributed by atoms with van der Waals surface area (Å²) in [6.45, 7) is 0. The van der Waals surface area contributed by atoms with Gasteiger partial charge in [0.2, 0.25) is 0 Å². The number of rotatable bonds is 8. The molecule has 3 aromatic carbocycles. The summed E-state index contributed by atoms with van der Waals surface area (Å²) >= 11 is 1.32. The van der Waals surface area contributed by atoms with Crippen molar-refractivity contribution in [1.29, 1.82) is 0 Å². The van der Waals surface area contributed by atoms with E-state index in [-0.39, 0.29) is 16.6 Å². The monoisotopic (exact) mass is 494 g/mol. The zero-order valence-electron chi connectivity index (χ0n) is 18.4. The molecule has 1 amide bonds. The van der Waals surface area contributed by atoms with Gasteiger partial charge >= 0.3 is 0 Å². The van der Waals surface area contributed by atoms with Gasteiger partial charge in [-0.2, -0.15) is 0 Å². The summed E-state index contributed by atoms with van der Waals surface area (Å²) in [5.74, 6) is 0.430. The van der Waals surface area contributed by atoms with Crippen LogP contribution in [0.15, 0.2) is 89.1 Å². The summed E-state index contributed by atoms with van der Waals surface area (Å²) < 4.78 is 39.1. The van der Waals surface area contributed by atoms with E-state index in [4.69, 9.17) is 9.47 Å². The number of sulfonamides is 1. The number of thiophene rings is 1. The quantitative estimate of drug-likeness (QED) is 0.338. The molecule has 0 bridgehead atoms. The van der Waals surface area contributed by atoms with Gasteiger partial charge in [0.1, 0.15) is 16.4 Å². The minimum Gasteiger partial charge on any atom is -0.497 e. The summed E-state index contributed by atoms with van der Waals surface area (Å²) in [6.07, 6.45) is 0. The van der Waals surface area contributed by atoms with E-state index in [1.807, 2.05) is 41.8 Å². The highest BCUT2D eigenvalue weighted by Crippen LogP contribution is 2.32. The Kier molecular flexibility index (Phi) is 6.85. The van der Waals surface area contributed by atoms with Crippen LogP contribution >= 0.6 is 11.3 Å². The van der Waals surface area contributed by atoms with E-state index in [0.717, 1.165) is 11.1 Å². The van der Waals surface area contributed by atoms with Crippen molar-refractivity contribution in [3.8, 4) is 22.6 Å². The molecule has 0 spiro atoms. The highest BCUT2D eigenvalue weighted by atomic mass is 32.2. The second kappa shape index (κ2) is 9.98. The number of hydrogen-bond donors (Lipinski definition) is 2. The highest BCUT2D eigenvalue weighted by molar-refractivity contribution is 7.92. The smallest absolute Gasteiger partial charge is 0.266 e. The van der Waals surface area contributed by atoms with Gasteiger partial charge < -0.3 is 14.8 Å². The van der Waals surface area contributed by atoms with E-state index in [1.54, 1.807) is 30.3 Å². The number of ether oxygens (including phenoxy) is 2. The Morgan fingerprint density at radius 3 is 2.24 bits per heavy atom. The Balaban J connectivity index is 1.60. The molecular formula is C25H22N2O5S2. The largest absolute Gasteiger partial charge is 0.497 e. The van der Waals surface area contributed by atoms with Crippen LogP contribution in [0.4, 0.5) is 11.4 Å². The third-order valence-corrected chi connectivity index (χ3v) is 7.33. The molecule has 1 aromatic heterocycles. The van der Waals surface area contributed by atoms with Crippen molar-refractivity contribution in [1.82, 2.24) is 0 Å². The summed E-state index contributed by atoms with van der Waals surface area (Å²) in [7, 11) is -1.09. The zero-order valence-corrected chi connectivity index (χ0v) is 20.1. The summed E-state index contributed by atoms with van der Waals surface area (Å²) in [4.78, 5) is 13.5. The summed E-state index contributed by atoms with van der Waals surface area (Å²) in [5, 5.41) is 4.65. The van der Waals surface area contributed by atoms with Gasteiger partial charge in [0.25, 0.3) is 15.9 Å². The molecule has 9 heteroatoms. The Labute approximate surface area is 202 Å². The lowest BCUT2D eigenvalue weighted by Gasteiger charge is -2.14. The molecule has 2 N–H and O–H groups in total. The molecule has 4 rings (SSSR count). The van der Waals surface area contributed by atoms with Gasteiger partial charge in [-0.3, -0.25) is 9.52 Å². The molecule has 0 fully saturated rings. The Hall–Kier alpha value is -3.82. The van der Waals surface area contributed by atoms with E-state index in [0.29, 0.717) is 22.0 Å². The molecule has 34 heavy (non-hydrogen) atoms. The fraction of sp³-hybridized carbons (Fsp3) is 0.0800. The maximum absolute atomic E-state index is 13.1. The molecule has 174 valence electrons. The van der Waals surface area contributed by atoms with E-state index < -0.39 is 10.0 Å². The number of nitrogens with one attached hydrogen (secondary N) is 2. The van der Waals surface area contributed by atoms with Gasteiger partial charge in [0.15, 0.2) is 0 Å². The van der Waals surface area contributed by atoms with Crippen LogP contribution in [0, 0.1) is 0 Å². The third-order valence-electron chi connectivity index (χ3n) is 5.01. The molecule has 7 nitrogen and oxygen atoms in total.